The van der Waals surface area contributed by atoms with E-state index in [9.17, 15) is 28.8 Å². The monoisotopic (exact) mass is 874 g/mol. The molecule has 20 nitrogen and oxygen atoms in total. The van der Waals surface area contributed by atoms with Gasteiger partial charge in [0.05, 0.1) is 39.6 Å². The van der Waals surface area contributed by atoms with Crippen LogP contribution in [-0.4, -0.2) is 74.1 Å². The van der Waals surface area contributed by atoms with E-state index in [4.69, 9.17) is 30.4 Å². The number of carbonyl (C=O) groups is 6. The number of hydrogen-bond acceptors (Lipinski definition) is 10. The van der Waals surface area contributed by atoms with Gasteiger partial charge in [0.1, 0.15) is 34.6 Å². The number of hydrogen-bond donors (Lipinski definition) is 10. The van der Waals surface area contributed by atoms with Crippen molar-refractivity contribution in [2.24, 2.45) is 11.5 Å². The van der Waals surface area contributed by atoms with Crippen molar-refractivity contribution >= 4 is 70.1 Å². The molecular weight excluding hydrogens is 829 g/mol. The fraction of sp³-hybridized carbons (Fsp3) is 0.136. The van der Waals surface area contributed by atoms with Crippen LogP contribution in [0.3, 0.4) is 0 Å². The van der Waals surface area contributed by atoms with Crippen LogP contribution in [0.2, 0.25) is 0 Å². The number of amides is 8. The number of urea groups is 2. The van der Waals surface area contributed by atoms with Gasteiger partial charge in [-0.05, 0) is 35.4 Å². The Bertz CT molecular complexity index is 2450. The first kappa shape index (κ1) is 46.1. The maximum absolute atomic E-state index is 12.4. The fourth-order valence-electron chi connectivity index (χ4n) is 6.18. The van der Waals surface area contributed by atoms with Gasteiger partial charge in [-0.15, -0.1) is 0 Å². The summed E-state index contributed by atoms with van der Waals surface area (Å²) in [5.41, 5.74) is 15.8. The predicted octanol–water partition coefficient (Wildman–Crippen LogP) is 6.80. The Morgan fingerprint density at radius 3 is 1.00 bits per heavy atom. The molecule has 4 aromatic carbocycles. The molecule has 0 bridgehead atoms. The molecule has 2 aromatic heterocycles. The second kappa shape index (κ2) is 21.0. The molecule has 2 heterocycles. The standard InChI is InChI=1S/2C22H23N5O5/c2*1-12(28)25-21-19(20(23)29)18(11-24-21)13-4-6-14(7-5-13)26-22(30)27-15-8-16(31-2)10-17(9-15)32-3/h2*4-11,24H,1-3H3,(H2,23,29)(H,25,28)(H2,26,27,30). The summed E-state index contributed by atoms with van der Waals surface area (Å²) in [6.45, 7) is 2.66. The van der Waals surface area contributed by atoms with E-state index < -0.39 is 23.9 Å². The Labute approximate surface area is 366 Å². The molecule has 0 aliphatic rings. The third kappa shape index (κ3) is 12.1. The van der Waals surface area contributed by atoms with Gasteiger partial charge in [0.2, 0.25) is 11.8 Å². The fourth-order valence-corrected chi connectivity index (χ4v) is 6.18. The van der Waals surface area contributed by atoms with Gasteiger partial charge in [0, 0.05) is 96.5 Å². The Morgan fingerprint density at radius 1 is 0.438 bits per heavy atom. The number of methoxy groups -OCH3 is 4. The van der Waals surface area contributed by atoms with Crippen LogP contribution >= 0.6 is 0 Å². The number of nitrogens with one attached hydrogen (secondary N) is 8. The average Bonchev–Trinajstić information content (AvgIpc) is 3.88. The Kier molecular flexibility index (Phi) is 15.2. The number of anilines is 6. The number of ether oxygens (including phenoxy) is 4. The third-order valence-corrected chi connectivity index (χ3v) is 8.98. The Balaban J connectivity index is 0.000000241. The number of benzene rings is 4. The first-order chi connectivity index (χ1) is 30.6. The summed E-state index contributed by atoms with van der Waals surface area (Å²) in [7, 11) is 6.09. The second-order valence-corrected chi connectivity index (χ2v) is 13.5. The van der Waals surface area contributed by atoms with Crippen molar-refractivity contribution in [1.82, 2.24) is 9.97 Å². The molecule has 64 heavy (non-hydrogen) atoms. The molecule has 12 N–H and O–H groups in total. The summed E-state index contributed by atoms with van der Waals surface area (Å²) in [5.74, 6) is 0.601. The normalized spacial score (nSPS) is 10.2. The van der Waals surface area contributed by atoms with Crippen molar-refractivity contribution in [2.45, 2.75) is 13.8 Å². The zero-order valence-corrected chi connectivity index (χ0v) is 35.5. The van der Waals surface area contributed by atoms with Gasteiger partial charge < -0.3 is 72.3 Å². The molecule has 6 aromatic rings. The highest BCUT2D eigenvalue weighted by Gasteiger charge is 2.20. The van der Waals surface area contributed by atoms with E-state index in [2.05, 4.69) is 41.9 Å². The molecule has 0 aliphatic carbocycles. The lowest BCUT2D eigenvalue weighted by Gasteiger charge is -2.11. The molecule has 332 valence electrons. The zero-order valence-electron chi connectivity index (χ0n) is 35.5. The molecule has 20 heteroatoms. The molecule has 0 atom stereocenters. The summed E-state index contributed by atoms with van der Waals surface area (Å²) in [5, 5.41) is 16.0. The maximum atomic E-state index is 12.4. The number of aromatic amines is 2. The molecule has 0 radical (unpaired) electrons. The van der Waals surface area contributed by atoms with Gasteiger partial charge in [-0.2, -0.15) is 0 Å². The van der Waals surface area contributed by atoms with Crippen LogP contribution in [0.1, 0.15) is 34.6 Å². The summed E-state index contributed by atoms with van der Waals surface area (Å²) < 4.78 is 20.8. The number of aromatic nitrogens is 2. The topological polar surface area (TPSA) is 295 Å². The van der Waals surface area contributed by atoms with Gasteiger partial charge in [0.25, 0.3) is 11.8 Å². The molecule has 0 saturated carbocycles. The number of primary amides is 2. The molecule has 0 aliphatic heterocycles. The summed E-state index contributed by atoms with van der Waals surface area (Å²) in [6, 6.07) is 22.7. The van der Waals surface area contributed by atoms with E-state index in [1.54, 1.807) is 97.3 Å². The lowest BCUT2D eigenvalue weighted by atomic mass is 10.0. The minimum absolute atomic E-state index is 0.172. The Hall–Kier alpha value is -8.94. The molecule has 0 spiro atoms. The lowest BCUT2D eigenvalue weighted by Crippen LogP contribution is -2.19. The predicted molar refractivity (Wildman–Crippen MR) is 242 cm³/mol. The van der Waals surface area contributed by atoms with Crippen molar-refractivity contribution in [3.05, 3.63) is 108 Å². The van der Waals surface area contributed by atoms with E-state index >= 15 is 0 Å². The van der Waals surface area contributed by atoms with Crippen LogP contribution < -0.4 is 62.3 Å². The van der Waals surface area contributed by atoms with E-state index in [0.717, 1.165) is 0 Å². The SMILES string of the molecule is COc1cc(NC(=O)Nc2ccc(-c3c[nH]c(NC(C)=O)c3C(N)=O)cc2)cc(OC)c1.COc1cc(NC(=O)Nc2ccc(-c3c[nH]c(NC(C)=O)c3C(N)=O)cc2)cc(OC)c1. The highest BCUT2D eigenvalue weighted by atomic mass is 16.5. The van der Waals surface area contributed by atoms with Gasteiger partial charge in [-0.3, -0.25) is 19.2 Å². The smallest absolute Gasteiger partial charge is 0.323 e. The molecule has 0 saturated heterocycles. The van der Waals surface area contributed by atoms with Crippen LogP contribution in [0.4, 0.5) is 44.0 Å². The summed E-state index contributed by atoms with van der Waals surface area (Å²) in [4.78, 5) is 76.9. The van der Waals surface area contributed by atoms with Crippen LogP contribution in [0.25, 0.3) is 22.3 Å². The largest absolute Gasteiger partial charge is 0.497 e. The van der Waals surface area contributed by atoms with Crippen molar-refractivity contribution < 1.29 is 47.7 Å². The van der Waals surface area contributed by atoms with Gasteiger partial charge in [0.15, 0.2) is 0 Å². The van der Waals surface area contributed by atoms with Crippen LogP contribution in [0.5, 0.6) is 23.0 Å². The number of H-pyrrole nitrogens is 2. The molecule has 0 unspecified atom stereocenters. The summed E-state index contributed by atoms with van der Waals surface area (Å²) in [6.07, 6.45) is 3.16. The third-order valence-electron chi connectivity index (χ3n) is 8.98. The van der Waals surface area contributed by atoms with E-state index in [-0.39, 0.29) is 34.6 Å². The molecule has 6 rings (SSSR count). The molecular formula is C44H46N10O10. The Morgan fingerprint density at radius 2 is 0.734 bits per heavy atom. The van der Waals surface area contributed by atoms with Crippen molar-refractivity contribution in [1.29, 1.82) is 0 Å². The van der Waals surface area contributed by atoms with E-state index in [0.29, 0.717) is 68.0 Å². The van der Waals surface area contributed by atoms with E-state index in [1.807, 2.05) is 0 Å². The average molecular weight is 875 g/mol. The van der Waals surface area contributed by atoms with E-state index in [1.165, 1.54) is 42.3 Å². The minimum atomic E-state index is -0.680. The second-order valence-electron chi connectivity index (χ2n) is 13.5. The molecule has 8 amide bonds. The van der Waals surface area contributed by atoms with Gasteiger partial charge in [-0.25, -0.2) is 9.59 Å². The first-order valence-electron chi connectivity index (χ1n) is 19.0. The summed E-state index contributed by atoms with van der Waals surface area (Å²) >= 11 is 0. The number of nitrogens with two attached hydrogens (primary N) is 2. The number of carbonyl (C=O) groups excluding carboxylic acids is 6. The van der Waals surface area contributed by atoms with Crippen LogP contribution in [0, 0.1) is 0 Å². The zero-order chi connectivity index (χ0) is 46.5. The number of rotatable bonds is 14. The minimum Gasteiger partial charge on any atom is -0.497 e. The van der Waals surface area contributed by atoms with Crippen molar-refractivity contribution in [2.75, 3.05) is 60.3 Å². The highest BCUT2D eigenvalue weighted by Crippen LogP contribution is 2.32. The van der Waals surface area contributed by atoms with Crippen molar-refractivity contribution in [3.63, 3.8) is 0 Å². The van der Waals surface area contributed by atoms with Crippen molar-refractivity contribution in [3.8, 4) is 45.3 Å². The lowest BCUT2D eigenvalue weighted by molar-refractivity contribution is -0.115. The van der Waals surface area contributed by atoms with Crippen LogP contribution in [0.15, 0.2) is 97.3 Å². The highest BCUT2D eigenvalue weighted by molar-refractivity contribution is 6.09. The van der Waals surface area contributed by atoms with Crippen LogP contribution in [-0.2, 0) is 9.59 Å². The van der Waals surface area contributed by atoms with Gasteiger partial charge in [-0.1, -0.05) is 24.3 Å². The maximum Gasteiger partial charge on any atom is 0.323 e. The first-order valence-corrected chi connectivity index (χ1v) is 19.0. The van der Waals surface area contributed by atoms with Gasteiger partial charge >= 0.3 is 12.1 Å². The molecule has 0 fully saturated rings. The quantitative estimate of drug-likeness (QED) is 0.0546.